The molecule has 5 aromatic rings. The molecule has 0 aliphatic heterocycles. The minimum Gasteiger partial charge on any atom is -0.456 e. The van der Waals surface area contributed by atoms with Gasteiger partial charge < -0.3 is 4.42 Å². The summed E-state index contributed by atoms with van der Waals surface area (Å²) in [5.74, 6) is 0. The highest BCUT2D eigenvalue weighted by molar-refractivity contribution is 6.09. The van der Waals surface area contributed by atoms with Crippen molar-refractivity contribution in [2.24, 2.45) is 5.29 Å². The molecule has 0 fully saturated rings. The van der Waals surface area contributed by atoms with Crippen LogP contribution in [-0.2, 0) is 5.41 Å². The highest BCUT2D eigenvalue weighted by Crippen LogP contribution is 2.53. The molecule has 1 aromatic heterocycles. The molecule has 0 atom stereocenters. The molecule has 0 unspecified atom stereocenters. The number of benzene rings is 4. The second kappa shape index (κ2) is 6.29. The van der Waals surface area contributed by atoms with Crippen molar-refractivity contribution in [2.75, 3.05) is 5.43 Å². The van der Waals surface area contributed by atoms with Gasteiger partial charge in [-0.1, -0.05) is 68.4 Å². The summed E-state index contributed by atoms with van der Waals surface area (Å²) in [6, 6.07) is 26.8. The van der Waals surface area contributed by atoms with Crippen LogP contribution >= 0.6 is 0 Å². The molecule has 1 heterocycles. The summed E-state index contributed by atoms with van der Waals surface area (Å²) in [7, 11) is 0. The molecule has 4 aromatic carbocycles. The smallest absolute Gasteiger partial charge is 0.140 e. The third kappa shape index (κ3) is 2.42. The van der Waals surface area contributed by atoms with Gasteiger partial charge in [0.25, 0.3) is 0 Å². The van der Waals surface area contributed by atoms with Crippen molar-refractivity contribution in [3.63, 3.8) is 0 Å². The van der Waals surface area contributed by atoms with E-state index in [9.17, 15) is 4.91 Å². The van der Waals surface area contributed by atoms with E-state index in [1.165, 1.54) is 22.3 Å². The first-order valence-electron chi connectivity index (χ1n) is 10.4. The van der Waals surface area contributed by atoms with Crippen LogP contribution in [0.5, 0.6) is 0 Å². The summed E-state index contributed by atoms with van der Waals surface area (Å²) in [5, 5.41) is 5.17. The highest BCUT2D eigenvalue weighted by atomic mass is 16.3. The van der Waals surface area contributed by atoms with Crippen LogP contribution in [0.3, 0.4) is 0 Å². The fourth-order valence-electron chi connectivity index (χ4n) is 5.11. The molecule has 31 heavy (non-hydrogen) atoms. The lowest BCUT2D eigenvalue weighted by Gasteiger charge is -2.22. The van der Waals surface area contributed by atoms with Crippen LogP contribution in [0.1, 0.15) is 25.0 Å². The summed E-state index contributed by atoms with van der Waals surface area (Å²) < 4.78 is 6.37. The number of fused-ring (bicyclic) bond motifs is 7. The summed E-state index contributed by atoms with van der Waals surface area (Å²) in [6.45, 7) is 4.51. The van der Waals surface area contributed by atoms with E-state index < -0.39 is 0 Å². The number of anilines is 1. The maximum absolute atomic E-state index is 10.8. The topological polar surface area (TPSA) is 54.6 Å². The zero-order valence-corrected chi connectivity index (χ0v) is 17.3. The average Bonchev–Trinajstić information content (AvgIpc) is 3.27. The van der Waals surface area contributed by atoms with Crippen LogP contribution in [0.15, 0.2) is 88.6 Å². The number of nitroso groups, excluding NO2 is 1. The molecule has 0 spiro atoms. The van der Waals surface area contributed by atoms with Crippen molar-refractivity contribution in [1.29, 1.82) is 0 Å². The fourth-order valence-corrected chi connectivity index (χ4v) is 5.11. The van der Waals surface area contributed by atoms with Gasteiger partial charge in [-0.25, -0.2) is 5.43 Å². The van der Waals surface area contributed by atoms with Gasteiger partial charge in [0.2, 0.25) is 0 Å². The number of furan rings is 1. The Labute approximate surface area is 179 Å². The van der Waals surface area contributed by atoms with Crippen LogP contribution < -0.4 is 5.43 Å². The molecule has 150 valence electrons. The third-order valence-corrected chi connectivity index (χ3v) is 6.56. The van der Waals surface area contributed by atoms with Crippen LogP contribution in [0.25, 0.3) is 44.2 Å². The minimum atomic E-state index is -0.223. The molecule has 0 bridgehead atoms. The number of hydrogen-bond donors (Lipinski definition) is 1. The SMILES string of the molecule is CC1(C)c2cc(-c3ccccc3NN=O)ccc2-c2ccc3c(oc4ccccc43)c21. The molecule has 1 aliphatic rings. The van der Waals surface area contributed by atoms with E-state index in [1.54, 1.807) is 0 Å². The van der Waals surface area contributed by atoms with Gasteiger partial charge in [-0.15, -0.1) is 4.91 Å². The van der Waals surface area contributed by atoms with E-state index >= 15 is 0 Å². The number of nitrogens with one attached hydrogen (secondary N) is 1. The van der Waals surface area contributed by atoms with E-state index in [-0.39, 0.29) is 5.41 Å². The van der Waals surface area contributed by atoms with E-state index in [0.717, 1.165) is 33.1 Å². The molecular weight excluding hydrogens is 384 g/mol. The lowest BCUT2D eigenvalue weighted by Crippen LogP contribution is -2.15. The first-order valence-corrected chi connectivity index (χ1v) is 10.4. The predicted molar refractivity (Wildman–Crippen MR) is 126 cm³/mol. The second-order valence-corrected chi connectivity index (χ2v) is 8.60. The fraction of sp³-hybridized carbons (Fsp3) is 0.111. The first-order chi connectivity index (χ1) is 15.1. The molecule has 0 amide bonds. The van der Waals surface area contributed by atoms with Crippen molar-refractivity contribution in [3.05, 3.63) is 94.9 Å². The predicted octanol–water partition coefficient (Wildman–Crippen LogP) is 7.65. The third-order valence-electron chi connectivity index (χ3n) is 6.56. The molecule has 4 nitrogen and oxygen atoms in total. The van der Waals surface area contributed by atoms with Crippen molar-refractivity contribution in [3.8, 4) is 22.3 Å². The number of hydrogen-bond acceptors (Lipinski definition) is 3. The van der Waals surface area contributed by atoms with Gasteiger partial charge in [0, 0.05) is 27.3 Å². The maximum Gasteiger partial charge on any atom is 0.140 e. The van der Waals surface area contributed by atoms with E-state index in [2.05, 4.69) is 67.0 Å². The number of nitrogens with zero attached hydrogens (tertiary/aromatic N) is 1. The molecular formula is C27H20N2O2. The van der Waals surface area contributed by atoms with Gasteiger partial charge in [0.05, 0.1) is 11.0 Å². The van der Waals surface area contributed by atoms with Crippen LogP contribution in [0, 0.1) is 4.91 Å². The van der Waals surface area contributed by atoms with Crippen LogP contribution in [-0.4, -0.2) is 0 Å². The molecule has 1 N–H and O–H groups in total. The van der Waals surface area contributed by atoms with Crippen molar-refractivity contribution < 1.29 is 4.42 Å². The summed E-state index contributed by atoms with van der Waals surface area (Å²) in [4.78, 5) is 10.8. The van der Waals surface area contributed by atoms with Gasteiger partial charge in [-0.3, -0.25) is 0 Å². The standard InChI is InChI=1S/C27H20N2O2/c1-27(2)22-15-16(17-7-3-5-9-23(17)28-29-30)11-12-18(22)20-13-14-21-19-8-4-6-10-24(19)31-26(21)25(20)27/h3-15H,1-2H3,(H,28,30). The van der Waals surface area contributed by atoms with Crippen molar-refractivity contribution in [2.45, 2.75) is 19.3 Å². The Morgan fingerprint density at radius 3 is 2.45 bits per heavy atom. The Balaban J connectivity index is 1.59. The molecule has 4 heteroatoms. The molecule has 0 saturated heterocycles. The van der Waals surface area contributed by atoms with Gasteiger partial charge in [0.1, 0.15) is 11.2 Å². The van der Waals surface area contributed by atoms with Gasteiger partial charge in [-0.05, 0) is 46.5 Å². The minimum absolute atomic E-state index is 0.223. The zero-order chi connectivity index (χ0) is 21.2. The molecule has 0 saturated carbocycles. The Bertz CT molecular complexity index is 1510. The molecule has 1 aliphatic carbocycles. The average molecular weight is 404 g/mol. The van der Waals surface area contributed by atoms with E-state index in [4.69, 9.17) is 4.42 Å². The second-order valence-electron chi connectivity index (χ2n) is 8.60. The number of para-hydroxylation sites is 2. The summed E-state index contributed by atoms with van der Waals surface area (Å²) >= 11 is 0. The van der Waals surface area contributed by atoms with Crippen LogP contribution in [0.4, 0.5) is 5.69 Å². The van der Waals surface area contributed by atoms with E-state index in [0.29, 0.717) is 5.69 Å². The highest BCUT2D eigenvalue weighted by Gasteiger charge is 2.38. The van der Waals surface area contributed by atoms with Gasteiger partial charge in [-0.2, -0.15) is 0 Å². The zero-order valence-electron chi connectivity index (χ0n) is 17.3. The van der Waals surface area contributed by atoms with Gasteiger partial charge in [0.15, 0.2) is 0 Å². The maximum atomic E-state index is 10.8. The number of rotatable bonds is 3. The first kappa shape index (κ1) is 17.9. The normalized spacial score (nSPS) is 13.9. The quantitative estimate of drug-likeness (QED) is 0.248. The largest absolute Gasteiger partial charge is 0.456 e. The molecule has 0 radical (unpaired) electrons. The summed E-state index contributed by atoms with van der Waals surface area (Å²) in [6.07, 6.45) is 0. The lowest BCUT2D eigenvalue weighted by molar-refractivity contribution is 0.620. The Hall–Kier alpha value is -3.92. The Kier molecular flexibility index (Phi) is 3.63. The van der Waals surface area contributed by atoms with Crippen molar-refractivity contribution >= 4 is 27.6 Å². The Morgan fingerprint density at radius 1 is 0.806 bits per heavy atom. The van der Waals surface area contributed by atoms with Crippen molar-refractivity contribution in [1.82, 2.24) is 0 Å². The Morgan fingerprint density at radius 2 is 1.58 bits per heavy atom. The van der Waals surface area contributed by atoms with Gasteiger partial charge >= 0.3 is 0 Å². The summed E-state index contributed by atoms with van der Waals surface area (Å²) in [5.41, 5.74) is 11.9. The lowest BCUT2D eigenvalue weighted by atomic mass is 9.81. The monoisotopic (exact) mass is 404 g/mol. The van der Waals surface area contributed by atoms with Crippen LogP contribution in [0.2, 0.25) is 0 Å². The molecule has 6 rings (SSSR count). The van der Waals surface area contributed by atoms with E-state index in [1.807, 2.05) is 36.4 Å².